The van der Waals surface area contributed by atoms with Crippen molar-refractivity contribution in [1.29, 1.82) is 5.26 Å². The molecule has 3 heterocycles. The molecule has 2 aliphatic rings. The Morgan fingerprint density at radius 2 is 0.690 bits per heavy atom. The summed E-state index contributed by atoms with van der Waals surface area (Å²) in [6.45, 7) is -0.619. The molecule has 0 fully saturated rings. The fourth-order valence-electron chi connectivity index (χ4n) is 13.1. The topological polar surface area (TPSA) is 35.2 Å². The van der Waals surface area contributed by atoms with E-state index in [9.17, 15) is 13.5 Å². The highest BCUT2D eigenvalue weighted by Crippen LogP contribution is 2.55. The van der Waals surface area contributed by atoms with E-state index in [4.69, 9.17) is 2.74 Å². The molecule has 0 radical (unpaired) electrons. The SMILES string of the molecule is [2H]c1c([2H])c([2H])c2c(c1[2H])c1c([2H])c([2H])c([2H])c([2H])c1n2-c1cc2c3c(c1C#N)N(c1c(-c4ccccc4)cccc1-c1ccccc1)c1ccc(-c4ccccc4)cc1B3c1cc(-c3ccccc3)ccc1N2c1c(-c2ccccc2)cccc1-c1ccccc1. The first-order valence-electron chi connectivity index (χ1n) is 32.1. The van der Waals surface area contributed by atoms with E-state index in [1.165, 1.54) is 4.57 Å². The maximum atomic E-state index is 12.9. The normalized spacial score (nSPS) is 13.5. The fourth-order valence-corrected chi connectivity index (χ4v) is 13.1. The number of hydrogen-bond acceptors (Lipinski definition) is 3. The second-order valence-corrected chi connectivity index (χ2v) is 21.2. The number of nitrogens with zero attached hydrogens (tertiary/aromatic N) is 4. The zero-order valence-electron chi connectivity index (χ0n) is 53.2. The molecule has 13 aromatic carbocycles. The van der Waals surface area contributed by atoms with Gasteiger partial charge in [-0.2, -0.15) is 5.26 Å². The largest absolute Gasteiger partial charge is 0.310 e. The Kier molecular flexibility index (Phi) is 9.79. The average Bonchev–Trinajstić information content (AvgIpc) is 0.949. The fraction of sp³-hybridized carbons (Fsp3) is 0. The molecule has 16 rings (SSSR count). The molecular formula is C79H51BN4. The molecule has 0 spiro atoms. The van der Waals surface area contributed by atoms with Crippen molar-refractivity contribution in [2.45, 2.75) is 0 Å². The lowest BCUT2D eigenvalue weighted by Gasteiger charge is -2.46. The number of para-hydroxylation sites is 4. The number of aromatic nitrogens is 1. The van der Waals surface area contributed by atoms with Crippen LogP contribution < -0.4 is 26.2 Å². The van der Waals surface area contributed by atoms with Gasteiger partial charge in [0.2, 0.25) is 0 Å². The van der Waals surface area contributed by atoms with Gasteiger partial charge in [-0.25, -0.2) is 0 Å². The van der Waals surface area contributed by atoms with Crippen LogP contribution >= 0.6 is 0 Å². The first-order chi connectivity index (χ1) is 45.0. The molecule has 0 atom stereocenters. The quantitative estimate of drug-likeness (QED) is 0.135. The molecule has 0 amide bonds. The van der Waals surface area contributed by atoms with Crippen molar-refractivity contribution in [2.75, 3.05) is 9.80 Å². The van der Waals surface area contributed by atoms with E-state index >= 15 is 0 Å². The van der Waals surface area contributed by atoms with E-state index in [-0.39, 0.29) is 33.1 Å². The molecule has 0 N–H and O–H groups in total. The highest BCUT2D eigenvalue weighted by atomic mass is 15.2. The van der Waals surface area contributed by atoms with Crippen molar-refractivity contribution < 1.29 is 11.0 Å². The molecule has 0 unspecified atom stereocenters. The molecule has 2 aliphatic heterocycles. The van der Waals surface area contributed by atoms with Gasteiger partial charge >= 0.3 is 0 Å². The number of fused-ring (bicyclic) bond motifs is 7. The summed E-state index contributed by atoms with van der Waals surface area (Å²) in [5.74, 6) is 0. The zero-order valence-corrected chi connectivity index (χ0v) is 45.2. The predicted octanol–water partition coefficient (Wildman–Crippen LogP) is 18.7. The highest BCUT2D eigenvalue weighted by molar-refractivity contribution is 7.00. The molecule has 14 aromatic rings. The van der Waals surface area contributed by atoms with Crippen LogP contribution in [-0.4, -0.2) is 11.3 Å². The Bertz CT molecular complexity index is 5150. The van der Waals surface area contributed by atoms with E-state index in [1.54, 1.807) is 0 Å². The third-order valence-electron chi connectivity index (χ3n) is 16.7. The Morgan fingerprint density at radius 1 is 0.321 bits per heavy atom. The van der Waals surface area contributed by atoms with Crippen LogP contribution in [-0.2, 0) is 0 Å². The van der Waals surface area contributed by atoms with Gasteiger partial charge in [0.05, 0.1) is 50.3 Å². The minimum atomic E-state index is -0.619. The van der Waals surface area contributed by atoms with Crippen LogP contribution in [0.1, 0.15) is 16.5 Å². The molecule has 390 valence electrons. The molecule has 84 heavy (non-hydrogen) atoms. The van der Waals surface area contributed by atoms with Gasteiger partial charge in [-0.1, -0.05) is 279 Å². The third kappa shape index (κ3) is 7.77. The smallest absolute Gasteiger partial charge is 0.252 e. The summed E-state index contributed by atoms with van der Waals surface area (Å²) in [5, 5.41) is 12.7. The van der Waals surface area contributed by atoms with Crippen LogP contribution in [0.5, 0.6) is 0 Å². The molecule has 0 saturated carbocycles. The lowest BCUT2D eigenvalue weighted by Crippen LogP contribution is -2.61. The van der Waals surface area contributed by atoms with Crippen molar-refractivity contribution in [3.8, 4) is 78.5 Å². The van der Waals surface area contributed by atoms with Crippen molar-refractivity contribution >= 4 is 79.0 Å². The number of hydrogen-bond donors (Lipinski definition) is 0. The Hall–Kier alpha value is -11.2. The maximum Gasteiger partial charge on any atom is 0.252 e. The van der Waals surface area contributed by atoms with Crippen molar-refractivity contribution in [3.63, 3.8) is 0 Å². The van der Waals surface area contributed by atoms with Crippen molar-refractivity contribution in [1.82, 2.24) is 4.57 Å². The van der Waals surface area contributed by atoms with Crippen molar-refractivity contribution in [2.24, 2.45) is 0 Å². The highest BCUT2D eigenvalue weighted by Gasteiger charge is 2.47. The monoisotopic (exact) mass is 1070 g/mol. The number of nitriles is 1. The Balaban J connectivity index is 1.18. The van der Waals surface area contributed by atoms with Gasteiger partial charge in [0.25, 0.3) is 6.71 Å². The van der Waals surface area contributed by atoms with Crippen LogP contribution in [0.4, 0.5) is 34.1 Å². The van der Waals surface area contributed by atoms with Gasteiger partial charge in [0, 0.05) is 50.1 Å². The van der Waals surface area contributed by atoms with Crippen LogP contribution in [0, 0.1) is 11.3 Å². The molecule has 4 nitrogen and oxygen atoms in total. The molecule has 0 aliphatic carbocycles. The van der Waals surface area contributed by atoms with Gasteiger partial charge in [-0.3, -0.25) is 0 Å². The summed E-state index contributed by atoms with van der Waals surface area (Å²) in [7, 11) is 0. The molecule has 5 heteroatoms. The van der Waals surface area contributed by atoms with E-state index in [1.807, 2.05) is 115 Å². The van der Waals surface area contributed by atoms with Gasteiger partial charge in [0.15, 0.2) is 0 Å². The Morgan fingerprint density at radius 3 is 1.10 bits per heavy atom. The van der Waals surface area contributed by atoms with Crippen LogP contribution in [0.3, 0.4) is 0 Å². The summed E-state index contributed by atoms with van der Waals surface area (Å²) < 4.78 is 77.5. The maximum absolute atomic E-state index is 12.9. The summed E-state index contributed by atoms with van der Waals surface area (Å²) in [5.41, 5.74) is 18.1. The first-order valence-corrected chi connectivity index (χ1v) is 28.1. The van der Waals surface area contributed by atoms with E-state index in [2.05, 4.69) is 161 Å². The van der Waals surface area contributed by atoms with Crippen LogP contribution in [0.15, 0.2) is 309 Å². The number of benzene rings is 13. The average molecular weight is 1080 g/mol. The lowest BCUT2D eigenvalue weighted by atomic mass is 9.33. The second-order valence-electron chi connectivity index (χ2n) is 21.2. The van der Waals surface area contributed by atoms with Gasteiger partial charge in [-0.15, -0.1) is 0 Å². The second kappa shape index (κ2) is 20.1. The minimum absolute atomic E-state index is 0.0919. The summed E-state index contributed by atoms with van der Waals surface area (Å²) >= 11 is 0. The predicted molar refractivity (Wildman–Crippen MR) is 352 cm³/mol. The van der Waals surface area contributed by atoms with E-state index in [0.717, 1.165) is 106 Å². The lowest BCUT2D eigenvalue weighted by molar-refractivity contribution is 1.15. The zero-order chi connectivity index (χ0) is 62.6. The standard InChI is InChI=1S/C79H51BN4/c81-52-67-74(82-70-43-21-19-37-65(70)66-38-20-22-44-71(66)82)51-75-76-79(67)84(78-63(57-33-15-5-16-34-57)41-24-42-64(78)58-35-17-6-18-36-58)73-48-46-60(54-27-9-2-10-28-54)50-69(73)80(76)68-49-59(53-25-7-1-8-26-53)45-47-72(68)83(75)77-61(55-29-11-3-12-30-55)39-23-40-62(77)56-31-13-4-14-32-56/h1-51H/i19D,20D,21D,22D,37D,38D,43D,44D. The first kappa shape index (κ1) is 40.9. The Labute approximate surface area is 500 Å². The van der Waals surface area contributed by atoms with Gasteiger partial charge in [0.1, 0.15) is 6.07 Å². The molecule has 0 saturated heterocycles. The van der Waals surface area contributed by atoms with Crippen molar-refractivity contribution in [3.05, 3.63) is 315 Å². The van der Waals surface area contributed by atoms with E-state index in [0.29, 0.717) is 11.4 Å². The van der Waals surface area contributed by atoms with E-state index < -0.39 is 55.1 Å². The summed E-state index contributed by atoms with van der Waals surface area (Å²) in [6.07, 6.45) is 0. The number of anilines is 6. The minimum Gasteiger partial charge on any atom is -0.310 e. The summed E-state index contributed by atoms with van der Waals surface area (Å²) in [6, 6.07) is 88.0. The van der Waals surface area contributed by atoms with Gasteiger partial charge < -0.3 is 14.4 Å². The molecule has 0 bridgehead atoms. The molecular weight excluding hydrogens is 1020 g/mol. The molecule has 1 aromatic heterocycles. The van der Waals surface area contributed by atoms with Gasteiger partial charge in [-0.05, 0) is 91.2 Å². The number of rotatable bonds is 9. The summed E-state index contributed by atoms with van der Waals surface area (Å²) in [4.78, 5) is 4.54. The third-order valence-corrected chi connectivity index (χ3v) is 16.7. The van der Waals surface area contributed by atoms with Crippen LogP contribution in [0.25, 0.3) is 94.3 Å². The van der Waals surface area contributed by atoms with Crippen LogP contribution in [0.2, 0.25) is 0 Å².